The molecule has 0 fully saturated rings. The maximum atomic E-state index is 11.9. The number of benzene rings is 1. The van der Waals surface area contributed by atoms with Gasteiger partial charge in [0.05, 0.1) is 12.4 Å². The van der Waals surface area contributed by atoms with Gasteiger partial charge in [0.15, 0.2) is 0 Å². The molecule has 0 saturated carbocycles. The number of nitrogens with zero attached hydrogens (tertiary/aromatic N) is 2. The van der Waals surface area contributed by atoms with Crippen molar-refractivity contribution in [2.75, 3.05) is 18.4 Å². The highest BCUT2D eigenvalue weighted by Gasteiger charge is 2.07. The molecule has 0 unspecified atom stereocenters. The molecule has 0 aliphatic carbocycles. The number of amides is 1. The molecule has 1 amide bonds. The summed E-state index contributed by atoms with van der Waals surface area (Å²) in [5.74, 6) is 0.477. The lowest BCUT2D eigenvalue weighted by Gasteiger charge is -2.05. The fourth-order valence-electron chi connectivity index (χ4n) is 1.77. The summed E-state index contributed by atoms with van der Waals surface area (Å²) in [7, 11) is 0. The zero-order valence-corrected chi connectivity index (χ0v) is 11.5. The quantitative estimate of drug-likeness (QED) is 0.841. The maximum absolute atomic E-state index is 11.9. The monoisotopic (exact) mass is 270 g/mol. The first kappa shape index (κ1) is 14.0. The standard InChI is InChI=1S/C15H18N4O/c1-2-16-14-11-18-13(10-19-14)15(20)17-9-8-12-6-4-3-5-7-12/h3-7,10-11H,2,8-9H2,1H3,(H,16,19)(H,17,20). The number of carbonyl (C=O) groups is 1. The summed E-state index contributed by atoms with van der Waals surface area (Å²) in [6, 6.07) is 10.0. The molecule has 0 aliphatic rings. The van der Waals surface area contributed by atoms with Crippen molar-refractivity contribution in [3.63, 3.8) is 0 Å². The van der Waals surface area contributed by atoms with E-state index in [4.69, 9.17) is 0 Å². The lowest BCUT2D eigenvalue weighted by Crippen LogP contribution is -2.26. The second-order valence-corrected chi connectivity index (χ2v) is 4.31. The van der Waals surface area contributed by atoms with Crippen molar-refractivity contribution in [3.8, 4) is 0 Å². The first-order chi connectivity index (χ1) is 9.79. The minimum absolute atomic E-state index is 0.198. The van der Waals surface area contributed by atoms with E-state index in [0.29, 0.717) is 18.1 Å². The van der Waals surface area contributed by atoms with Gasteiger partial charge in [0, 0.05) is 13.1 Å². The number of anilines is 1. The Morgan fingerprint density at radius 1 is 1.15 bits per heavy atom. The van der Waals surface area contributed by atoms with Crippen LogP contribution in [0.15, 0.2) is 42.7 Å². The van der Waals surface area contributed by atoms with Crippen LogP contribution in [0.4, 0.5) is 5.82 Å². The summed E-state index contributed by atoms with van der Waals surface area (Å²) < 4.78 is 0. The summed E-state index contributed by atoms with van der Waals surface area (Å²) in [5, 5.41) is 5.87. The molecule has 5 nitrogen and oxygen atoms in total. The number of hydrogen-bond acceptors (Lipinski definition) is 4. The Morgan fingerprint density at radius 3 is 2.60 bits per heavy atom. The minimum atomic E-state index is -0.198. The Kier molecular flexibility index (Phi) is 5.06. The molecule has 2 rings (SSSR count). The van der Waals surface area contributed by atoms with Gasteiger partial charge in [-0.15, -0.1) is 0 Å². The molecule has 0 saturated heterocycles. The number of hydrogen-bond donors (Lipinski definition) is 2. The van der Waals surface area contributed by atoms with E-state index in [1.807, 2.05) is 37.3 Å². The van der Waals surface area contributed by atoms with Gasteiger partial charge in [-0.2, -0.15) is 0 Å². The zero-order chi connectivity index (χ0) is 14.2. The molecule has 5 heteroatoms. The molecule has 1 aromatic carbocycles. The van der Waals surface area contributed by atoms with E-state index in [1.165, 1.54) is 11.8 Å². The van der Waals surface area contributed by atoms with Gasteiger partial charge in [-0.1, -0.05) is 30.3 Å². The van der Waals surface area contributed by atoms with Crippen LogP contribution in [0.1, 0.15) is 23.0 Å². The molecule has 2 N–H and O–H groups in total. The molecule has 0 spiro atoms. The largest absolute Gasteiger partial charge is 0.369 e. The van der Waals surface area contributed by atoms with Gasteiger partial charge in [-0.05, 0) is 18.9 Å². The van der Waals surface area contributed by atoms with Gasteiger partial charge in [0.2, 0.25) is 0 Å². The molecule has 0 aliphatic heterocycles. The van der Waals surface area contributed by atoms with Crippen LogP contribution in [0.3, 0.4) is 0 Å². The Labute approximate surface area is 118 Å². The summed E-state index contributed by atoms with van der Waals surface area (Å²) in [4.78, 5) is 20.1. The third-order valence-electron chi connectivity index (χ3n) is 2.78. The summed E-state index contributed by atoms with van der Waals surface area (Å²) in [6.45, 7) is 3.34. The highest BCUT2D eigenvalue weighted by Crippen LogP contribution is 2.01. The Hall–Kier alpha value is -2.43. The van der Waals surface area contributed by atoms with Crippen molar-refractivity contribution in [2.24, 2.45) is 0 Å². The van der Waals surface area contributed by atoms with Crippen molar-refractivity contribution in [3.05, 3.63) is 54.0 Å². The molecule has 104 valence electrons. The third-order valence-corrected chi connectivity index (χ3v) is 2.78. The highest BCUT2D eigenvalue weighted by atomic mass is 16.1. The minimum Gasteiger partial charge on any atom is -0.369 e. The van der Waals surface area contributed by atoms with Crippen molar-refractivity contribution in [2.45, 2.75) is 13.3 Å². The van der Waals surface area contributed by atoms with E-state index in [9.17, 15) is 4.79 Å². The molecule has 20 heavy (non-hydrogen) atoms. The zero-order valence-electron chi connectivity index (χ0n) is 11.5. The lowest BCUT2D eigenvalue weighted by atomic mass is 10.1. The fourth-order valence-corrected chi connectivity index (χ4v) is 1.77. The molecule has 1 aromatic heterocycles. The van der Waals surface area contributed by atoms with Crippen molar-refractivity contribution >= 4 is 11.7 Å². The van der Waals surface area contributed by atoms with Crippen LogP contribution in [0, 0.1) is 0 Å². The predicted molar refractivity (Wildman–Crippen MR) is 78.7 cm³/mol. The number of aromatic nitrogens is 2. The van der Waals surface area contributed by atoms with Crippen molar-refractivity contribution in [1.29, 1.82) is 0 Å². The van der Waals surface area contributed by atoms with E-state index >= 15 is 0 Å². The van der Waals surface area contributed by atoms with Crippen LogP contribution in [-0.2, 0) is 6.42 Å². The van der Waals surface area contributed by atoms with Gasteiger partial charge in [-0.3, -0.25) is 4.79 Å². The van der Waals surface area contributed by atoms with E-state index in [2.05, 4.69) is 20.6 Å². The van der Waals surface area contributed by atoms with Gasteiger partial charge < -0.3 is 10.6 Å². The van der Waals surface area contributed by atoms with Crippen LogP contribution in [0.2, 0.25) is 0 Å². The second kappa shape index (κ2) is 7.23. The smallest absolute Gasteiger partial charge is 0.271 e. The van der Waals surface area contributed by atoms with Gasteiger partial charge in [-0.25, -0.2) is 9.97 Å². The normalized spacial score (nSPS) is 10.1. The van der Waals surface area contributed by atoms with Crippen LogP contribution >= 0.6 is 0 Å². The van der Waals surface area contributed by atoms with Gasteiger partial charge >= 0.3 is 0 Å². The van der Waals surface area contributed by atoms with E-state index < -0.39 is 0 Å². The Bertz CT molecular complexity index is 540. The van der Waals surface area contributed by atoms with Crippen LogP contribution < -0.4 is 10.6 Å². The number of carbonyl (C=O) groups excluding carboxylic acids is 1. The van der Waals surface area contributed by atoms with E-state index in [-0.39, 0.29) is 5.91 Å². The molecule has 0 atom stereocenters. The predicted octanol–water partition coefficient (Wildman–Crippen LogP) is 1.88. The maximum Gasteiger partial charge on any atom is 0.271 e. The van der Waals surface area contributed by atoms with Gasteiger partial charge in [0.25, 0.3) is 5.91 Å². The average molecular weight is 270 g/mol. The molecule has 2 aromatic rings. The van der Waals surface area contributed by atoms with E-state index in [0.717, 1.165) is 13.0 Å². The number of nitrogens with one attached hydrogen (secondary N) is 2. The molecular formula is C15H18N4O. The Balaban J connectivity index is 1.82. The molecule has 0 radical (unpaired) electrons. The first-order valence-electron chi connectivity index (χ1n) is 6.67. The van der Waals surface area contributed by atoms with Crippen molar-refractivity contribution < 1.29 is 4.79 Å². The summed E-state index contributed by atoms with van der Waals surface area (Å²) in [5.41, 5.74) is 1.53. The number of rotatable bonds is 6. The van der Waals surface area contributed by atoms with Crippen LogP contribution in [-0.4, -0.2) is 29.0 Å². The van der Waals surface area contributed by atoms with Crippen LogP contribution in [0.25, 0.3) is 0 Å². The van der Waals surface area contributed by atoms with Crippen LogP contribution in [0.5, 0.6) is 0 Å². The van der Waals surface area contributed by atoms with Gasteiger partial charge in [0.1, 0.15) is 11.5 Å². The second-order valence-electron chi connectivity index (χ2n) is 4.31. The average Bonchev–Trinajstić information content (AvgIpc) is 2.49. The fraction of sp³-hybridized carbons (Fsp3) is 0.267. The van der Waals surface area contributed by atoms with E-state index in [1.54, 1.807) is 6.20 Å². The summed E-state index contributed by atoms with van der Waals surface area (Å²) >= 11 is 0. The third kappa shape index (κ3) is 4.05. The first-order valence-corrected chi connectivity index (χ1v) is 6.67. The Morgan fingerprint density at radius 2 is 1.95 bits per heavy atom. The molecule has 0 bridgehead atoms. The lowest BCUT2D eigenvalue weighted by molar-refractivity contribution is 0.0949. The SMILES string of the molecule is CCNc1cnc(C(=O)NCCc2ccccc2)cn1. The molecule has 1 heterocycles. The highest BCUT2D eigenvalue weighted by molar-refractivity contribution is 5.91. The molecular weight excluding hydrogens is 252 g/mol. The topological polar surface area (TPSA) is 66.9 Å². The van der Waals surface area contributed by atoms with Crippen molar-refractivity contribution in [1.82, 2.24) is 15.3 Å². The summed E-state index contributed by atoms with van der Waals surface area (Å²) in [6.07, 6.45) is 3.85.